The summed E-state index contributed by atoms with van der Waals surface area (Å²) in [6.45, 7) is 2.40. The second-order valence-electron chi connectivity index (χ2n) is 1.08. The third-order valence-electron chi connectivity index (χ3n) is 0.512. The molecule has 0 spiro atoms. The Balaban J connectivity index is -0.0000000800. The number of rotatable bonds is 2. The van der Waals surface area contributed by atoms with Crippen molar-refractivity contribution in [1.29, 1.82) is 0 Å². The third kappa shape index (κ3) is 18.6. The van der Waals surface area contributed by atoms with Crippen LogP contribution in [0.5, 0.6) is 0 Å². The topological polar surface area (TPSA) is 20.2 Å². The van der Waals surface area contributed by atoms with Crippen LogP contribution in [0.4, 0.5) is 0 Å². The van der Waals surface area contributed by atoms with E-state index in [0.29, 0.717) is 6.61 Å². The van der Waals surface area contributed by atoms with Gasteiger partial charge in [-0.3, -0.25) is 0 Å². The summed E-state index contributed by atoms with van der Waals surface area (Å²) in [7, 11) is 0. The van der Waals surface area contributed by atoms with Gasteiger partial charge in [0.2, 0.25) is 0 Å². The van der Waals surface area contributed by atoms with E-state index < -0.39 is 0 Å². The average molecular weight is 225 g/mol. The van der Waals surface area contributed by atoms with Crippen LogP contribution in [0.2, 0.25) is 0 Å². The van der Waals surface area contributed by atoms with Crippen LogP contribution >= 0.6 is 0 Å². The van der Waals surface area contributed by atoms with Crippen LogP contribution in [0.15, 0.2) is 0 Å². The Kier molecular flexibility index (Phi) is 35.3. The first-order chi connectivity index (χ1) is 2.41. The van der Waals surface area contributed by atoms with Gasteiger partial charge in [0.15, 0.2) is 0 Å². The van der Waals surface area contributed by atoms with E-state index in [1.807, 2.05) is 0 Å². The van der Waals surface area contributed by atoms with E-state index in [1.165, 1.54) is 0 Å². The van der Waals surface area contributed by atoms with Gasteiger partial charge in [-0.25, -0.2) is 0 Å². The number of unbranched alkanes of at least 4 members (excludes halogenated alkanes) is 1. The van der Waals surface area contributed by atoms with Gasteiger partial charge >= 0.3 is 23.1 Å². The molecule has 7 heavy (non-hydrogen) atoms. The van der Waals surface area contributed by atoms with E-state index in [2.05, 4.69) is 6.92 Å². The van der Waals surface area contributed by atoms with Gasteiger partial charge < -0.3 is 29.1 Å². The van der Waals surface area contributed by atoms with Crippen molar-refractivity contribution < 1.29 is 29.1 Å². The number of hydrogen-bond acceptors (Lipinski definition) is 1. The number of halogens is 1. The minimum absolute atomic E-state index is 0. The molecule has 0 aromatic heterocycles. The zero-order valence-corrected chi connectivity index (χ0v) is 8.23. The summed E-state index contributed by atoms with van der Waals surface area (Å²) < 4.78 is 0. The van der Waals surface area contributed by atoms with Gasteiger partial charge in [-0.2, -0.15) is 0 Å². The van der Waals surface area contributed by atoms with Gasteiger partial charge in [-0.05, 0) is 6.42 Å². The SMILES string of the molecule is CCCCO.[I-].[Mg+2]. The van der Waals surface area contributed by atoms with Crippen LogP contribution in [0.25, 0.3) is 0 Å². The summed E-state index contributed by atoms with van der Waals surface area (Å²) >= 11 is 0. The Morgan fingerprint density at radius 2 is 1.86 bits per heavy atom. The van der Waals surface area contributed by atoms with E-state index in [4.69, 9.17) is 5.11 Å². The van der Waals surface area contributed by atoms with Crippen molar-refractivity contribution in [2.24, 2.45) is 0 Å². The van der Waals surface area contributed by atoms with Crippen LogP contribution in [0.1, 0.15) is 19.8 Å². The molecule has 0 aliphatic heterocycles. The zero-order chi connectivity index (χ0) is 4.12. The van der Waals surface area contributed by atoms with Gasteiger partial charge in [0, 0.05) is 6.61 Å². The van der Waals surface area contributed by atoms with Crippen molar-refractivity contribution in [3.63, 3.8) is 0 Å². The van der Waals surface area contributed by atoms with Gasteiger partial charge in [0.25, 0.3) is 0 Å². The Bertz CT molecular complexity index is 19.2. The standard InChI is InChI=1S/C4H10O.HI.Mg/c1-2-3-4-5;;/h5H,2-4H2,1H3;1H;/q;;+2/p-1. The molecule has 0 unspecified atom stereocenters. The largest absolute Gasteiger partial charge is 2.00 e. The fraction of sp³-hybridized carbons (Fsp3) is 1.00. The van der Waals surface area contributed by atoms with E-state index in [1.54, 1.807) is 0 Å². The molecule has 0 rings (SSSR count). The van der Waals surface area contributed by atoms with E-state index in [0.717, 1.165) is 12.8 Å². The summed E-state index contributed by atoms with van der Waals surface area (Å²) in [4.78, 5) is 0. The summed E-state index contributed by atoms with van der Waals surface area (Å²) in [5.74, 6) is 0. The second-order valence-corrected chi connectivity index (χ2v) is 1.08. The van der Waals surface area contributed by atoms with Crippen LogP contribution in [0, 0.1) is 0 Å². The minimum atomic E-state index is 0. The predicted octanol–water partition coefficient (Wildman–Crippen LogP) is -2.60. The van der Waals surface area contributed by atoms with Crippen LogP contribution in [-0.4, -0.2) is 34.8 Å². The first kappa shape index (κ1) is 15.8. The zero-order valence-electron chi connectivity index (χ0n) is 4.65. The monoisotopic (exact) mass is 225 g/mol. The smallest absolute Gasteiger partial charge is 1.00 e. The molecule has 0 bridgehead atoms. The van der Waals surface area contributed by atoms with E-state index in [-0.39, 0.29) is 47.0 Å². The molecule has 0 fully saturated rings. The Morgan fingerprint density at radius 1 is 1.43 bits per heavy atom. The first-order valence-electron chi connectivity index (χ1n) is 2.02. The molecule has 40 valence electrons. The molecule has 0 aliphatic rings. The van der Waals surface area contributed by atoms with Crippen LogP contribution in [0.3, 0.4) is 0 Å². The fourth-order valence-corrected chi connectivity index (χ4v) is 0.158. The molecule has 0 atom stereocenters. The molecule has 0 heterocycles. The minimum Gasteiger partial charge on any atom is -1.00 e. The van der Waals surface area contributed by atoms with Crippen LogP contribution < -0.4 is 24.0 Å². The van der Waals surface area contributed by atoms with Gasteiger partial charge in [-0.1, -0.05) is 13.3 Å². The van der Waals surface area contributed by atoms with Crippen molar-refractivity contribution >= 4 is 23.1 Å². The molecule has 0 aliphatic carbocycles. The molecule has 1 N–H and O–H groups in total. The molecule has 0 aromatic rings. The molecular formula is C4H10IMgO+. The number of aliphatic hydroxyl groups excluding tert-OH is 1. The van der Waals surface area contributed by atoms with Crippen molar-refractivity contribution in [1.82, 2.24) is 0 Å². The van der Waals surface area contributed by atoms with Crippen molar-refractivity contribution in [2.75, 3.05) is 6.61 Å². The molecule has 0 aromatic carbocycles. The molecular weight excluding hydrogens is 215 g/mol. The second kappa shape index (κ2) is 15.7. The molecule has 0 saturated carbocycles. The normalized spacial score (nSPS) is 6.00. The average Bonchev–Trinajstić information content (AvgIpc) is 1.41. The maximum atomic E-state index is 8.07. The van der Waals surface area contributed by atoms with E-state index in [9.17, 15) is 0 Å². The maximum absolute atomic E-state index is 8.07. The summed E-state index contributed by atoms with van der Waals surface area (Å²) in [5.41, 5.74) is 0. The number of hydrogen-bond donors (Lipinski definition) is 1. The molecule has 3 heteroatoms. The quantitative estimate of drug-likeness (QED) is 0.404. The first-order valence-corrected chi connectivity index (χ1v) is 2.02. The van der Waals surface area contributed by atoms with Crippen molar-refractivity contribution in [3.8, 4) is 0 Å². The Morgan fingerprint density at radius 3 is 1.86 bits per heavy atom. The summed E-state index contributed by atoms with van der Waals surface area (Å²) in [6, 6.07) is 0. The predicted molar refractivity (Wildman–Crippen MR) is 27.7 cm³/mol. The van der Waals surface area contributed by atoms with Crippen molar-refractivity contribution in [2.45, 2.75) is 19.8 Å². The molecule has 0 amide bonds. The summed E-state index contributed by atoms with van der Waals surface area (Å²) in [5, 5.41) is 8.07. The number of aliphatic hydroxyl groups is 1. The summed E-state index contributed by atoms with van der Waals surface area (Å²) in [6.07, 6.45) is 2.04. The van der Waals surface area contributed by atoms with Gasteiger partial charge in [0.05, 0.1) is 0 Å². The fourth-order valence-electron chi connectivity index (χ4n) is 0.158. The van der Waals surface area contributed by atoms with Crippen molar-refractivity contribution in [3.05, 3.63) is 0 Å². The Hall–Kier alpha value is 1.46. The molecule has 0 radical (unpaired) electrons. The molecule has 0 saturated heterocycles. The maximum Gasteiger partial charge on any atom is 2.00 e. The van der Waals surface area contributed by atoms with Gasteiger partial charge in [0.1, 0.15) is 0 Å². The third-order valence-corrected chi connectivity index (χ3v) is 0.512. The van der Waals surface area contributed by atoms with Crippen LogP contribution in [-0.2, 0) is 0 Å². The van der Waals surface area contributed by atoms with E-state index >= 15 is 0 Å². The van der Waals surface area contributed by atoms with Gasteiger partial charge in [-0.15, -0.1) is 0 Å². The molecule has 1 nitrogen and oxygen atoms in total. The Labute approximate surface area is 78.0 Å².